The molecule has 3 rings (SSSR count). The molecule has 0 spiro atoms. The Morgan fingerprint density at radius 3 is 2.89 bits per heavy atom. The molecule has 1 saturated heterocycles. The SMILES string of the molecule is COc1ccc(Cl)cc1C(=O)N1CCCC1C(=O)NCc1cccc(C)n1. The number of ether oxygens (including phenoxy) is 1. The molecule has 1 aromatic heterocycles. The van der Waals surface area contributed by atoms with Gasteiger partial charge >= 0.3 is 0 Å². The molecule has 1 aromatic carbocycles. The topological polar surface area (TPSA) is 71.5 Å². The number of pyridine rings is 1. The van der Waals surface area contributed by atoms with Gasteiger partial charge < -0.3 is 15.0 Å². The van der Waals surface area contributed by atoms with E-state index in [1.165, 1.54) is 7.11 Å². The Kier molecular flexibility index (Phi) is 5.96. The number of aryl methyl sites for hydroxylation is 1. The van der Waals surface area contributed by atoms with Gasteiger partial charge in [0.05, 0.1) is 24.9 Å². The minimum atomic E-state index is -0.508. The fourth-order valence-electron chi connectivity index (χ4n) is 3.28. The zero-order valence-electron chi connectivity index (χ0n) is 15.4. The molecule has 1 unspecified atom stereocenters. The summed E-state index contributed by atoms with van der Waals surface area (Å²) in [6.45, 7) is 2.76. The van der Waals surface area contributed by atoms with Crippen molar-refractivity contribution in [3.63, 3.8) is 0 Å². The number of rotatable bonds is 5. The average Bonchev–Trinajstić information content (AvgIpc) is 3.15. The highest BCUT2D eigenvalue weighted by Gasteiger charge is 2.35. The standard InChI is InChI=1S/C20H22ClN3O3/c1-13-5-3-6-15(23-13)12-22-19(25)17-7-4-10-24(17)20(26)16-11-14(21)8-9-18(16)27-2/h3,5-6,8-9,11,17H,4,7,10,12H2,1-2H3,(H,22,25). The monoisotopic (exact) mass is 387 g/mol. The molecule has 27 heavy (non-hydrogen) atoms. The van der Waals surface area contributed by atoms with Crippen LogP contribution in [0.15, 0.2) is 36.4 Å². The highest BCUT2D eigenvalue weighted by molar-refractivity contribution is 6.31. The van der Waals surface area contributed by atoms with E-state index >= 15 is 0 Å². The second kappa shape index (κ2) is 8.39. The van der Waals surface area contributed by atoms with E-state index in [4.69, 9.17) is 16.3 Å². The fraction of sp³-hybridized carbons (Fsp3) is 0.350. The number of aromatic nitrogens is 1. The number of amides is 2. The maximum Gasteiger partial charge on any atom is 0.258 e. The van der Waals surface area contributed by atoms with E-state index in [0.29, 0.717) is 35.8 Å². The maximum atomic E-state index is 13.0. The van der Waals surface area contributed by atoms with Gasteiger partial charge in [-0.3, -0.25) is 14.6 Å². The molecular formula is C20H22ClN3O3. The van der Waals surface area contributed by atoms with Crippen molar-refractivity contribution in [3.05, 3.63) is 58.4 Å². The van der Waals surface area contributed by atoms with Crippen LogP contribution in [0.1, 0.15) is 34.6 Å². The number of benzene rings is 1. The first kappa shape index (κ1) is 19.2. The molecule has 1 N–H and O–H groups in total. The average molecular weight is 388 g/mol. The van der Waals surface area contributed by atoms with Gasteiger partial charge in [-0.2, -0.15) is 0 Å². The lowest BCUT2D eigenvalue weighted by Gasteiger charge is -2.24. The lowest BCUT2D eigenvalue weighted by Crippen LogP contribution is -2.45. The molecule has 0 saturated carbocycles. The normalized spacial score (nSPS) is 16.3. The third kappa shape index (κ3) is 4.39. The van der Waals surface area contributed by atoms with Crippen LogP contribution in [0.4, 0.5) is 0 Å². The molecule has 2 aromatic rings. The first-order valence-electron chi connectivity index (χ1n) is 8.84. The molecule has 142 valence electrons. The van der Waals surface area contributed by atoms with Crippen molar-refractivity contribution in [1.29, 1.82) is 0 Å². The minimum absolute atomic E-state index is 0.176. The van der Waals surface area contributed by atoms with Gasteiger partial charge in [0.1, 0.15) is 11.8 Å². The van der Waals surface area contributed by atoms with Gasteiger partial charge in [0.15, 0.2) is 0 Å². The van der Waals surface area contributed by atoms with E-state index in [2.05, 4.69) is 10.3 Å². The van der Waals surface area contributed by atoms with Gasteiger partial charge in [0.25, 0.3) is 5.91 Å². The number of nitrogens with one attached hydrogen (secondary N) is 1. The van der Waals surface area contributed by atoms with E-state index < -0.39 is 6.04 Å². The van der Waals surface area contributed by atoms with E-state index in [1.54, 1.807) is 23.1 Å². The van der Waals surface area contributed by atoms with Gasteiger partial charge in [-0.25, -0.2) is 0 Å². The van der Waals surface area contributed by atoms with Crippen LogP contribution in [0, 0.1) is 6.92 Å². The third-order valence-electron chi connectivity index (χ3n) is 4.60. The molecule has 1 aliphatic heterocycles. The van der Waals surface area contributed by atoms with E-state index in [1.807, 2.05) is 25.1 Å². The Hall–Kier alpha value is -2.60. The Morgan fingerprint density at radius 1 is 1.33 bits per heavy atom. The van der Waals surface area contributed by atoms with Gasteiger partial charge in [-0.1, -0.05) is 17.7 Å². The molecule has 0 bridgehead atoms. The van der Waals surface area contributed by atoms with Crippen molar-refractivity contribution in [2.45, 2.75) is 32.4 Å². The number of carbonyl (C=O) groups is 2. The molecular weight excluding hydrogens is 366 g/mol. The van der Waals surface area contributed by atoms with Crippen LogP contribution in [0.3, 0.4) is 0 Å². The summed E-state index contributed by atoms with van der Waals surface area (Å²) in [7, 11) is 1.50. The molecule has 1 aliphatic rings. The predicted molar refractivity (Wildman–Crippen MR) is 103 cm³/mol. The smallest absolute Gasteiger partial charge is 0.258 e. The van der Waals surface area contributed by atoms with Crippen LogP contribution in [-0.2, 0) is 11.3 Å². The number of nitrogens with zero attached hydrogens (tertiary/aromatic N) is 2. The molecule has 0 radical (unpaired) electrons. The van der Waals surface area contributed by atoms with Gasteiger partial charge in [0.2, 0.25) is 5.91 Å². The highest BCUT2D eigenvalue weighted by Crippen LogP contribution is 2.27. The second-order valence-electron chi connectivity index (χ2n) is 6.49. The van der Waals surface area contributed by atoms with E-state index in [9.17, 15) is 9.59 Å². The quantitative estimate of drug-likeness (QED) is 0.856. The maximum absolute atomic E-state index is 13.0. The zero-order valence-corrected chi connectivity index (χ0v) is 16.1. The Bertz CT molecular complexity index is 856. The Labute approximate surface area is 163 Å². The second-order valence-corrected chi connectivity index (χ2v) is 6.93. The summed E-state index contributed by atoms with van der Waals surface area (Å²) in [6, 6.07) is 10.1. The lowest BCUT2D eigenvalue weighted by atomic mass is 10.1. The summed E-state index contributed by atoms with van der Waals surface area (Å²) in [5.41, 5.74) is 2.05. The van der Waals surface area contributed by atoms with Crippen molar-refractivity contribution in [1.82, 2.24) is 15.2 Å². The summed E-state index contributed by atoms with van der Waals surface area (Å²) in [4.78, 5) is 31.7. The van der Waals surface area contributed by atoms with Crippen molar-refractivity contribution < 1.29 is 14.3 Å². The van der Waals surface area contributed by atoms with Crippen LogP contribution in [0.5, 0.6) is 5.75 Å². The van der Waals surface area contributed by atoms with Crippen LogP contribution < -0.4 is 10.1 Å². The number of methoxy groups -OCH3 is 1. The molecule has 2 heterocycles. The number of hydrogen-bond donors (Lipinski definition) is 1. The number of carbonyl (C=O) groups excluding carboxylic acids is 2. The zero-order chi connectivity index (χ0) is 19.4. The van der Waals surface area contributed by atoms with Crippen molar-refractivity contribution in [3.8, 4) is 5.75 Å². The summed E-state index contributed by atoms with van der Waals surface area (Å²) >= 11 is 6.04. The Balaban J connectivity index is 1.72. The largest absolute Gasteiger partial charge is 0.496 e. The van der Waals surface area contributed by atoms with Crippen LogP contribution in [0.2, 0.25) is 5.02 Å². The van der Waals surface area contributed by atoms with Crippen LogP contribution in [-0.4, -0.2) is 41.4 Å². The van der Waals surface area contributed by atoms with Crippen molar-refractivity contribution >= 4 is 23.4 Å². The molecule has 6 nitrogen and oxygen atoms in total. The van der Waals surface area contributed by atoms with Gasteiger partial charge in [-0.05, 0) is 50.1 Å². The van der Waals surface area contributed by atoms with Crippen LogP contribution in [0.25, 0.3) is 0 Å². The minimum Gasteiger partial charge on any atom is -0.496 e. The molecule has 7 heteroatoms. The Morgan fingerprint density at radius 2 is 2.15 bits per heavy atom. The first-order chi connectivity index (χ1) is 13.0. The predicted octanol–water partition coefficient (Wildman–Crippen LogP) is 2.97. The van der Waals surface area contributed by atoms with Gasteiger partial charge in [-0.15, -0.1) is 0 Å². The summed E-state index contributed by atoms with van der Waals surface area (Å²) in [6.07, 6.45) is 1.40. The number of hydrogen-bond acceptors (Lipinski definition) is 4. The van der Waals surface area contributed by atoms with E-state index in [-0.39, 0.29) is 11.8 Å². The van der Waals surface area contributed by atoms with Crippen molar-refractivity contribution in [2.75, 3.05) is 13.7 Å². The van der Waals surface area contributed by atoms with Crippen LogP contribution >= 0.6 is 11.6 Å². The fourth-order valence-corrected chi connectivity index (χ4v) is 3.45. The molecule has 0 aliphatic carbocycles. The van der Waals surface area contributed by atoms with Gasteiger partial charge in [0, 0.05) is 17.3 Å². The van der Waals surface area contributed by atoms with Crippen molar-refractivity contribution in [2.24, 2.45) is 0 Å². The summed E-state index contributed by atoms with van der Waals surface area (Å²) < 4.78 is 5.28. The molecule has 1 atom stereocenters. The lowest BCUT2D eigenvalue weighted by molar-refractivity contribution is -0.125. The summed E-state index contributed by atoms with van der Waals surface area (Å²) in [5.74, 6) is 0.0188. The highest BCUT2D eigenvalue weighted by atomic mass is 35.5. The van der Waals surface area contributed by atoms with E-state index in [0.717, 1.165) is 17.8 Å². The molecule has 1 fully saturated rings. The number of likely N-dealkylation sites (tertiary alicyclic amines) is 1. The summed E-state index contributed by atoms with van der Waals surface area (Å²) in [5, 5.41) is 3.34. The third-order valence-corrected chi connectivity index (χ3v) is 4.83. The molecule has 2 amide bonds. The first-order valence-corrected chi connectivity index (χ1v) is 9.22. The number of halogens is 1.